The van der Waals surface area contributed by atoms with Gasteiger partial charge in [0.05, 0.1) is 6.42 Å². The zero-order valence-electron chi connectivity index (χ0n) is 24.1. The van der Waals surface area contributed by atoms with Crippen LogP contribution in [0, 0.1) is 0 Å². The molecule has 44 heavy (non-hydrogen) atoms. The van der Waals surface area contributed by atoms with E-state index in [1.165, 1.54) is 10.8 Å². The third kappa shape index (κ3) is 5.35. The number of aliphatic hydroxyl groups is 1. The van der Waals surface area contributed by atoms with Gasteiger partial charge in [0.15, 0.2) is 0 Å². The zero-order chi connectivity index (χ0) is 31.2. The molecule has 2 fully saturated rings. The molecule has 3 aromatic carbocycles. The Morgan fingerprint density at radius 2 is 1.64 bits per heavy atom. The van der Waals surface area contributed by atoms with Gasteiger partial charge in [-0.25, -0.2) is 9.36 Å². The number of cyclic esters (lactones) is 1. The molecule has 1 aromatic heterocycles. The molecule has 12 nitrogen and oxygen atoms in total. The highest BCUT2D eigenvalue weighted by atomic mass is 16.6. The van der Waals surface area contributed by atoms with Crippen molar-refractivity contribution in [3.63, 3.8) is 0 Å². The summed E-state index contributed by atoms with van der Waals surface area (Å²) in [5.74, 6) is -1.93. The standard InChI is InChI=1S/C32H31N5O7/c1-18(2)36-17-25(28(40)37(31(36)43)32(13-14-32)30(42)35-24-16-26(38)44-29(24)41)34-27(39)20-8-10-22(11-9-20)33-23-12-7-19-5-3-4-6-21(19)15-23/h3-12,15,17-18,24,29,33,41H,13-14,16H2,1-2H3,(H,34,39)(H,35,42). The van der Waals surface area contributed by atoms with Crippen LogP contribution in [0.15, 0.2) is 82.5 Å². The third-order valence-corrected chi connectivity index (χ3v) is 7.98. The normalized spacial score (nSPS) is 18.6. The topological polar surface area (TPSA) is 161 Å². The summed E-state index contributed by atoms with van der Waals surface area (Å²) in [4.78, 5) is 65.2. The second-order valence-electron chi connectivity index (χ2n) is 11.4. The monoisotopic (exact) mass is 597 g/mol. The average Bonchev–Trinajstić information content (AvgIpc) is 3.73. The first kappa shape index (κ1) is 28.9. The minimum absolute atomic E-state index is 0.167. The second-order valence-corrected chi connectivity index (χ2v) is 11.4. The molecule has 6 rings (SSSR count). The summed E-state index contributed by atoms with van der Waals surface area (Å²) in [6.45, 7) is 3.47. The van der Waals surface area contributed by atoms with E-state index < -0.39 is 52.9 Å². The number of carbonyl (C=O) groups is 3. The van der Waals surface area contributed by atoms with Crippen molar-refractivity contribution >= 4 is 45.6 Å². The van der Waals surface area contributed by atoms with Crippen LogP contribution in [0.25, 0.3) is 10.8 Å². The summed E-state index contributed by atoms with van der Waals surface area (Å²) in [5.41, 5.74) is -1.31. The first-order valence-electron chi connectivity index (χ1n) is 14.3. The van der Waals surface area contributed by atoms with E-state index in [4.69, 9.17) is 0 Å². The number of rotatable bonds is 8. The van der Waals surface area contributed by atoms with Gasteiger partial charge < -0.3 is 25.8 Å². The molecule has 2 heterocycles. The number of aliphatic hydroxyl groups excluding tert-OH is 1. The van der Waals surface area contributed by atoms with E-state index in [1.54, 1.807) is 38.1 Å². The number of nitrogens with zero attached hydrogens (tertiary/aromatic N) is 2. The van der Waals surface area contributed by atoms with Crippen LogP contribution >= 0.6 is 0 Å². The quantitative estimate of drug-likeness (QED) is 0.226. The van der Waals surface area contributed by atoms with Crippen LogP contribution in [0.3, 0.4) is 0 Å². The van der Waals surface area contributed by atoms with E-state index in [1.807, 2.05) is 42.5 Å². The van der Waals surface area contributed by atoms with Gasteiger partial charge in [0, 0.05) is 29.2 Å². The van der Waals surface area contributed by atoms with Gasteiger partial charge in [0.1, 0.15) is 17.3 Å². The molecule has 4 aromatic rings. The number of hydrogen-bond acceptors (Lipinski definition) is 8. The number of fused-ring (bicyclic) bond motifs is 1. The molecule has 2 unspecified atom stereocenters. The Morgan fingerprint density at radius 3 is 2.27 bits per heavy atom. The van der Waals surface area contributed by atoms with Gasteiger partial charge in [-0.2, -0.15) is 0 Å². The number of hydrogen-bond donors (Lipinski definition) is 4. The molecule has 4 N–H and O–H groups in total. The van der Waals surface area contributed by atoms with Crippen LogP contribution in [0.1, 0.15) is 49.5 Å². The van der Waals surface area contributed by atoms with Crippen molar-refractivity contribution in [3.05, 3.63) is 99.3 Å². The van der Waals surface area contributed by atoms with Gasteiger partial charge in [0.25, 0.3) is 11.5 Å². The molecule has 1 aliphatic carbocycles. The van der Waals surface area contributed by atoms with Crippen LogP contribution in [0.4, 0.5) is 17.1 Å². The molecule has 2 amide bonds. The molecule has 1 saturated heterocycles. The number of amides is 2. The lowest BCUT2D eigenvalue weighted by Crippen LogP contribution is -2.54. The summed E-state index contributed by atoms with van der Waals surface area (Å²) in [6.07, 6.45) is -0.105. The summed E-state index contributed by atoms with van der Waals surface area (Å²) in [6, 6.07) is 19.3. The Hall–Kier alpha value is -5.23. The molecule has 2 atom stereocenters. The second kappa shape index (κ2) is 11.1. The fraction of sp³-hybridized carbons (Fsp3) is 0.281. The lowest BCUT2D eigenvalue weighted by Gasteiger charge is -2.23. The van der Waals surface area contributed by atoms with E-state index in [9.17, 15) is 29.1 Å². The minimum atomic E-state index is -1.52. The molecule has 2 aliphatic rings. The van der Waals surface area contributed by atoms with Gasteiger partial charge >= 0.3 is 11.7 Å². The molecule has 1 aliphatic heterocycles. The highest BCUT2D eigenvalue weighted by molar-refractivity contribution is 6.04. The van der Waals surface area contributed by atoms with Crippen molar-refractivity contribution in [3.8, 4) is 0 Å². The molecule has 0 radical (unpaired) electrons. The molecule has 0 spiro atoms. The van der Waals surface area contributed by atoms with E-state index in [-0.39, 0.29) is 30.5 Å². The van der Waals surface area contributed by atoms with Crippen LogP contribution in [-0.2, 0) is 19.9 Å². The lowest BCUT2D eigenvalue weighted by molar-refractivity contribution is -0.155. The molecule has 1 saturated carbocycles. The number of benzene rings is 3. The highest BCUT2D eigenvalue weighted by Gasteiger charge is 2.55. The van der Waals surface area contributed by atoms with E-state index in [0.717, 1.165) is 26.7 Å². The lowest BCUT2D eigenvalue weighted by atomic mass is 10.1. The Labute approximate surface area is 251 Å². The molecule has 12 heteroatoms. The number of esters is 1. The number of anilines is 3. The zero-order valence-corrected chi connectivity index (χ0v) is 24.1. The minimum Gasteiger partial charge on any atom is -0.434 e. The maximum atomic E-state index is 13.6. The maximum Gasteiger partial charge on any atom is 0.332 e. The first-order valence-corrected chi connectivity index (χ1v) is 14.3. The van der Waals surface area contributed by atoms with Gasteiger partial charge in [-0.1, -0.05) is 30.3 Å². The van der Waals surface area contributed by atoms with Gasteiger partial charge in [0.2, 0.25) is 12.2 Å². The van der Waals surface area contributed by atoms with E-state index in [2.05, 4.69) is 20.7 Å². The third-order valence-electron chi connectivity index (χ3n) is 7.98. The summed E-state index contributed by atoms with van der Waals surface area (Å²) in [7, 11) is 0. The number of ether oxygens (including phenoxy) is 1. The van der Waals surface area contributed by atoms with Crippen LogP contribution in [0.2, 0.25) is 0 Å². The summed E-state index contributed by atoms with van der Waals surface area (Å²) in [5, 5.41) is 20.6. The molecule has 0 bridgehead atoms. The fourth-order valence-electron chi connectivity index (χ4n) is 5.38. The number of nitrogens with one attached hydrogen (secondary N) is 3. The van der Waals surface area contributed by atoms with E-state index >= 15 is 0 Å². The summed E-state index contributed by atoms with van der Waals surface area (Å²) < 4.78 is 6.82. The largest absolute Gasteiger partial charge is 0.434 e. The van der Waals surface area contributed by atoms with E-state index in [0.29, 0.717) is 0 Å². The van der Waals surface area contributed by atoms with Crippen molar-refractivity contribution in [1.29, 1.82) is 0 Å². The van der Waals surface area contributed by atoms with Crippen molar-refractivity contribution in [2.24, 2.45) is 0 Å². The Bertz CT molecular complexity index is 1910. The van der Waals surface area contributed by atoms with Gasteiger partial charge in [-0.15, -0.1) is 0 Å². The number of aromatic nitrogens is 2. The smallest absolute Gasteiger partial charge is 0.332 e. The molecular formula is C32H31N5O7. The number of carbonyl (C=O) groups excluding carboxylic acids is 3. The van der Waals surface area contributed by atoms with Crippen LogP contribution < -0.4 is 27.2 Å². The van der Waals surface area contributed by atoms with Crippen molar-refractivity contribution in [2.45, 2.75) is 57.0 Å². The molecular weight excluding hydrogens is 566 g/mol. The first-order chi connectivity index (χ1) is 21.1. The SMILES string of the molecule is CC(C)n1cc(NC(=O)c2ccc(Nc3ccc4ccccc4c3)cc2)c(=O)n(C2(C(=O)NC3CC(=O)OC3O)CC2)c1=O. The van der Waals surface area contributed by atoms with Gasteiger partial charge in [-0.3, -0.25) is 23.7 Å². The Kier molecular flexibility index (Phi) is 7.30. The van der Waals surface area contributed by atoms with Crippen molar-refractivity contribution < 1.29 is 24.2 Å². The maximum absolute atomic E-state index is 13.6. The summed E-state index contributed by atoms with van der Waals surface area (Å²) >= 11 is 0. The highest BCUT2D eigenvalue weighted by Crippen LogP contribution is 2.42. The predicted octanol–water partition coefficient (Wildman–Crippen LogP) is 2.98. The fourth-order valence-corrected chi connectivity index (χ4v) is 5.38. The predicted molar refractivity (Wildman–Crippen MR) is 163 cm³/mol. The Balaban J connectivity index is 1.24. The molecule has 226 valence electrons. The Morgan fingerprint density at radius 1 is 0.955 bits per heavy atom. The van der Waals surface area contributed by atoms with Crippen LogP contribution in [0.5, 0.6) is 0 Å². The average molecular weight is 598 g/mol. The van der Waals surface area contributed by atoms with Gasteiger partial charge in [-0.05, 0) is 73.9 Å². The van der Waals surface area contributed by atoms with Crippen LogP contribution in [-0.4, -0.2) is 44.4 Å². The van der Waals surface area contributed by atoms with Crippen molar-refractivity contribution in [2.75, 3.05) is 10.6 Å². The van der Waals surface area contributed by atoms with Crippen molar-refractivity contribution in [1.82, 2.24) is 14.5 Å².